The molecule has 0 spiro atoms. The molecule has 0 aliphatic rings. The van der Waals surface area contributed by atoms with Crippen molar-refractivity contribution in [2.45, 2.75) is 40.2 Å². The Hall–Kier alpha value is -0.860. The standard InChI is InChI=1S/C16H27NO/c1-5-17-16(12-18-6-2)15-9-7-8-14(11-15)10-13(3)4/h7-9,11,13,16-17H,5-6,10,12H2,1-4H3. The maximum atomic E-state index is 5.56. The topological polar surface area (TPSA) is 21.3 Å². The predicted octanol–water partition coefficient (Wildman–Crippen LogP) is 3.57. The van der Waals surface area contributed by atoms with Crippen LogP contribution in [0.4, 0.5) is 0 Å². The van der Waals surface area contributed by atoms with Crippen LogP contribution < -0.4 is 5.32 Å². The highest BCUT2D eigenvalue weighted by atomic mass is 16.5. The number of benzene rings is 1. The number of ether oxygens (including phenoxy) is 1. The van der Waals surface area contributed by atoms with Crippen LogP contribution in [-0.4, -0.2) is 19.8 Å². The van der Waals surface area contributed by atoms with Crippen molar-refractivity contribution < 1.29 is 4.74 Å². The molecule has 0 aliphatic carbocycles. The molecule has 0 aromatic heterocycles. The Morgan fingerprint density at radius 3 is 2.61 bits per heavy atom. The highest BCUT2D eigenvalue weighted by Gasteiger charge is 2.10. The van der Waals surface area contributed by atoms with Gasteiger partial charge in [-0.3, -0.25) is 0 Å². The Kier molecular flexibility index (Phi) is 6.99. The van der Waals surface area contributed by atoms with Crippen molar-refractivity contribution in [3.63, 3.8) is 0 Å². The van der Waals surface area contributed by atoms with Crippen LogP contribution in [0.1, 0.15) is 44.9 Å². The zero-order chi connectivity index (χ0) is 13.4. The highest BCUT2D eigenvalue weighted by Crippen LogP contribution is 2.17. The van der Waals surface area contributed by atoms with E-state index in [9.17, 15) is 0 Å². The molecule has 0 fully saturated rings. The first kappa shape index (κ1) is 15.2. The van der Waals surface area contributed by atoms with Crippen molar-refractivity contribution in [3.05, 3.63) is 35.4 Å². The average Bonchev–Trinajstić information content (AvgIpc) is 2.34. The van der Waals surface area contributed by atoms with Gasteiger partial charge in [0.15, 0.2) is 0 Å². The van der Waals surface area contributed by atoms with E-state index < -0.39 is 0 Å². The average molecular weight is 249 g/mol. The quantitative estimate of drug-likeness (QED) is 0.760. The lowest BCUT2D eigenvalue weighted by molar-refractivity contribution is 0.123. The molecule has 0 radical (unpaired) electrons. The van der Waals surface area contributed by atoms with Gasteiger partial charge in [0.1, 0.15) is 0 Å². The monoisotopic (exact) mass is 249 g/mol. The van der Waals surface area contributed by atoms with E-state index in [1.165, 1.54) is 11.1 Å². The molecular formula is C16H27NO. The summed E-state index contributed by atoms with van der Waals surface area (Å²) in [6.45, 7) is 11.2. The first-order valence-corrected chi connectivity index (χ1v) is 7.07. The van der Waals surface area contributed by atoms with Gasteiger partial charge in [-0.1, -0.05) is 45.0 Å². The third-order valence-corrected chi connectivity index (χ3v) is 2.94. The Labute approximate surface area is 112 Å². The van der Waals surface area contributed by atoms with Gasteiger partial charge in [-0.25, -0.2) is 0 Å². The number of hydrogen-bond acceptors (Lipinski definition) is 2. The van der Waals surface area contributed by atoms with Crippen LogP contribution in [-0.2, 0) is 11.2 Å². The van der Waals surface area contributed by atoms with Crippen molar-refractivity contribution in [1.82, 2.24) is 5.32 Å². The summed E-state index contributed by atoms with van der Waals surface area (Å²) < 4.78 is 5.56. The zero-order valence-corrected chi connectivity index (χ0v) is 12.2. The normalized spacial score (nSPS) is 12.9. The predicted molar refractivity (Wildman–Crippen MR) is 77.9 cm³/mol. The second-order valence-corrected chi connectivity index (χ2v) is 5.11. The Morgan fingerprint density at radius 1 is 1.22 bits per heavy atom. The molecule has 0 bridgehead atoms. The van der Waals surface area contributed by atoms with Gasteiger partial charge in [-0.2, -0.15) is 0 Å². The van der Waals surface area contributed by atoms with Gasteiger partial charge in [0.25, 0.3) is 0 Å². The van der Waals surface area contributed by atoms with Crippen LogP contribution in [0, 0.1) is 5.92 Å². The van der Waals surface area contributed by atoms with Crippen LogP contribution in [0.25, 0.3) is 0 Å². The largest absolute Gasteiger partial charge is 0.380 e. The Bertz CT molecular complexity index is 336. The summed E-state index contributed by atoms with van der Waals surface area (Å²) >= 11 is 0. The van der Waals surface area contributed by atoms with E-state index in [-0.39, 0.29) is 0 Å². The third-order valence-electron chi connectivity index (χ3n) is 2.94. The van der Waals surface area contributed by atoms with Crippen molar-refractivity contribution in [1.29, 1.82) is 0 Å². The van der Waals surface area contributed by atoms with Crippen LogP contribution in [0.3, 0.4) is 0 Å². The van der Waals surface area contributed by atoms with E-state index in [2.05, 4.69) is 50.4 Å². The summed E-state index contributed by atoms with van der Waals surface area (Å²) in [6, 6.07) is 9.18. The number of rotatable bonds is 8. The van der Waals surface area contributed by atoms with E-state index in [0.717, 1.165) is 26.2 Å². The van der Waals surface area contributed by atoms with E-state index in [1.54, 1.807) is 0 Å². The molecule has 1 N–H and O–H groups in total. The lowest BCUT2D eigenvalue weighted by Crippen LogP contribution is -2.25. The fraction of sp³-hybridized carbons (Fsp3) is 0.625. The second-order valence-electron chi connectivity index (χ2n) is 5.11. The van der Waals surface area contributed by atoms with Gasteiger partial charge in [0.2, 0.25) is 0 Å². The molecule has 1 rings (SSSR count). The molecule has 1 aromatic carbocycles. The van der Waals surface area contributed by atoms with E-state index in [4.69, 9.17) is 4.74 Å². The van der Waals surface area contributed by atoms with Crippen LogP contribution in [0.2, 0.25) is 0 Å². The summed E-state index contributed by atoms with van der Waals surface area (Å²) in [7, 11) is 0. The number of likely N-dealkylation sites (N-methyl/N-ethyl adjacent to an activating group) is 1. The van der Waals surface area contributed by atoms with E-state index >= 15 is 0 Å². The molecule has 0 aliphatic heterocycles. The van der Waals surface area contributed by atoms with Crippen LogP contribution in [0.15, 0.2) is 24.3 Å². The fourth-order valence-corrected chi connectivity index (χ4v) is 2.16. The molecule has 0 saturated heterocycles. The van der Waals surface area contributed by atoms with Gasteiger partial charge >= 0.3 is 0 Å². The summed E-state index contributed by atoms with van der Waals surface area (Å²) in [6.07, 6.45) is 1.14. The molecule has 0 saturated carbocycles. The van der Waals surface area contributed by atoms with E-state index in [0.29, 0.717) is 12.0 Å². The Morgan fingerprint density at radius 2 is 2.00 bits per heavy atom. The highest BCUT2D eigenvalue weighted by molar-refractivity contribution is 5.26. The molecule has 2 nitrogen and oxygen atoms in total. The fourth-order valence-electron chi connectivity index (χ4n) is 2.16. The zero-order valence-electron chi connectivity index (χ0n) is 12.2. The maximum Gasteiger partial charge on any atom is 0.0661 e. The summed E-state index contributed by atoms with van der Waals surface area (Å²) in [5.74, 6) is 0.699. The van der Waals surface area contributed by atoms with Gasteiger partial charge in [0.05, 0.1) is 12.6 Å². The molecule has 0 amide bonds. The molecule has 1 atom stereocenters. The second kappa shape index (κ2) is 8.28. The van der Waals surface area contributed by atoms with Crippen LogP contribution >= 0.6 is 0 Å². The van der Waals surface area contributed by atoms with Crippen LogP contribution in [0.5, 0.6) is 0 Å². The van der Waals surface area contributed by atoms with Gasteiger partial charge < -0.3 is 10.1 Å². The number of hydrogen-bond donors (Lipinski definition) is 1. The third kappa shape index (κ3) is 5.19. The maximum absolute atomic E-state index is 5.56. The summed E-state index contributed by atoms with van der Waals surface area (Å²) in [4.78, 5) is 0. The smallest absolute Gasteiger partial charge is 0.0661 e. The summed E-state index contributed by atoms with van der Waals surface area (Å²) in [5, 5.41) is 3.49. The first-order chi connectivity index (χ1) is 8.67. The van der Waals surface area contributed by atoms with Crippen molar-refractivity contribution in [2.24, 2.45) is 5.92 Å². The minimum atomic E-state index is 0.307. The SMILES string of the molecule is CCNC(COCC)c1cccc(CC(C)C)c1. The first-order valence-electron chi connectivity index (χ1n) is 7.07. The van der Waals surface area contributed by atoms with Crippen molar-refractivity contribution >= 4 is 0 Å². The molecule has 1 unspecified atom stereocenters. The van der Waals surface area contributed by atoms with Gasteiger partial charge in [-0.05, 0) is 36.9 Å². The van der Waals surface area contributed by atoms with Gasteiger partial charge in [0, 0.05) is 6.61 Å². The van der Waals surface area contributed by atoms with Gasteiger partial charge in [-0.15, -0.1) is 0 Å². The molecule has 2 heteroatoms. The van der Waals surface area contributed by atoms with E-state index in [1.807, 2.05) is 6.92 Å². The number of nitrogens with one attached hydrogen (secondary N) is 1. The lowest BCUT2D eigenvalue weighted by Gasteiger charge is -2.19. The Balaban J connectivity index is 2.76. The lowest BCUT2D eigenvalue weighted by atomic mass is 9.98. The van der Waals surface area contributed by atoms with Crippen molar-refractivity contribution in [3.8, 4) is 0 Å². The minimum Gasteiger partial charge on any atom is -0.380 e. The minimum absolute atomic E-state index is 0.307. The summed E-state index contributed by atoms with van der Waals surface area (Å²) in [5.41, 5.74) is 2.75. The molecule has 1 aromatic rings. The molecular weight excluding hydrogens is 222 g/mol. The van der Waals surface area contributed by atoms with Crippen molar-refractivity contribution in [2.75, 3.05) is 19.8 Å². The molecule has 0 heterocycles. The molecule has 102 valence electrons. The molecule has 18 heavy (non-hydrogen) atoms.